The zero-order chi connectivity index (χ0) is 18.1. The van der Waals surface area contributed by atoms with Crippen LogP contribution in [0.4, 0.5) is 0 Å². The third-order valence-electron chi connectivity index (χ3n) is 2.63. The van der Waals surface area contributed by atoms with E-state index in [1.807, 2.05) is 20.8 Å². The van der Waals surface area contributed by atoms with Gasteiger partial charge in [-0.05, 0) is 48.7 Å². The van der Waals surface area contributed by atoms with Crippen LogP contribution >= 0.6 is 94.2 Å². The second-order valence-corrected chi connectivity index (χ2v) is 19.0. The molecule has 0 saturated carbocycles. The Hall–Kier alpha value is 3.56. The van der Waals surface area contributed by atoms with E-state index < -0.39 is 12.8 Å². The Kier molecular flexibility index (Phi) is 16.6. The third kappa shape index (κ3) is 11.5. The van der Waals surface area contributed by atoms with Crippen molar-refractivity contribution in [2.45, 2.75) is 72.1 Å². The normalized spacial score (nSPS) is 23.8. The van der Waals surface area contributed by atoms with Gasteiger partial charge in [0, 0.05) is 12.8 Å². The third-order valence-corrected chi connectivity index (χ3v) is 18.9. The maximum Gasteiger partial charge on any atom is 3.00 e. The molecule has 13 heteroatoms. The summed E-state index contributed by atoms with van der Waals surface area (Å²) in [6.45, 7) is 6.14. The summed E-state index contributed by atoms with van der Waals surface area (Å²) in [5, 5.41) is 33.2. The van der Waals surface area contributed by atoms with E-state index in [0.29, 0.717) is 0 Å². The second-order valence-electron chi connectivity index (χ2n) is 5.00. The predicted molar refractivity (Wildman–Crippen MR) is 127 cm³/mol. The zero-order valence-corrected chi connectivity index (χ0v) is 22.7. The Bertz CT molecular complexity index is 302. The molecule has 0 bridgehead atoms. The van der Waals surface area contributed by atoms with E-state index in [-0.39, 0.29) is 17.4 Å². The van der Waals surface area contributed by atoms with E-state index in [4.69, 9.17) is 0 Å². The molecule has 0 aliphatic carbocycles. The van der Waals surface area contributed by atoms with Crippen LogP contribution in [0.3, 0.4) is 0 Å². The molecule has 3 fully saturated rings. The van der Waals surface area contributed by atoms with Gasteiger partial charge in [-0.25, -0.2) is 0 Å². The van der Waals surface area contributed by atoms with Crippen LogP contribution in [-0.2, 0) is 0 Å². The van der Waals surface area contributed by atoms with Gasteiger partial charge >= 0.3 is 17.4 Å². The van der Waals surface area contributed by atoms with Gasteiger partial charge in [0.05, 0.1) is 0 Å². The van der Waals surface area contributed by atoms with Gasteiger partial charge in [0.15, 0.2) is 0 Å². The van der Waals surface area contributed by atoms with Crippen molar-refractivity contribution < 1.29 is 15.3 Å². The van der Waals surface area contributed by atoms with Gasteiger partial charge in [0.25, 0.3) is 0 Å². The van der Waals surface area contributed by atoms with Gasteiger partial charge in [0.2, 0.25) is 0 Å². The smallest absolute Gasteiger partial charge is 0.832 e. The van der Waals surface area contributed by atoms with Crippen LogP contribution in [-0.4, -0.2) is 30.2 Å². The molecule has 0 aromatic heterocycles. The fraction of sp³-hybridized carbons (Fsp3) is 1.00. The van der Waals surface area contributed by atoms with E-state index in [1.165, 1.54) is 64.8 Å². The van der Waals surface area contributed by atoms with Crippen molar-refractivity contribution in [2.75, 3.05) is 0 Å². The maximum absolute atomic E-state index is 11.1. The van der Waals surface area contributed by atoms with Crippen molar-refractivity contribution >= 4 is 112 Å². The van der Waals surface area contributed by atoms with Crippen molar-refractivity contribution in [3.05, 3.63) is 0 Å². The summed E-state index contributed by atoms with van der Waals surface area (Å²) >= 11 is 0. The van der Waals surface area contributed by atoms with Crippen molar-refractivity contribution in [3.8, 4) is 0 Å². The first-order valence-corrected chi connectivity index (χ1v) is 18.0. The molecule has 0 spiro atoms. The molecule has 0 unspecified atom stereocenters. The van der Waals surface area contributed by atoms with Crippen LogP contribution in [0, 0.1) is 0 Å². The van der Waals surface area contributed by atoms with Crippen molar-refractivity contribution in [1.82, 2.24) is 0 Å². The molecule has 0 aromatic carbocycles. The topological polar surface area (TPSA) is 69.2 Å². The number of rotatable bonds is 6. The molecule has 25 heavy (non-hydrogen) atoms. The van der Waals surface area contributed by atoms with Crippen LogP contribution in [0.2, 0.25) is 0 Å². The quantitative estimate of drug-likeness (QED) is 0.338. The van der Waals surface area contributed by atoms with E-state index >= 15 is 0 Å². The van der Waals surface area contributed by atoms with Gasteiger partial charge in [-0.1, -0.05) is 105 Å². The van der Waals surface area contributed by atoms with Gasteiger partial charge in [-0.15, -0.1) is 0 Å². The first-order valence-electron chi connectivity index (χ1n) is 7.52. The summed E-state index contributed by atoms with van der Waals surface area (Å²) < 4.78 is -2.04. The molecule has 3 nitrogen and oxygen atoms in total. The molecule has 3 aliphatic rings. The van der Waals surface area contributed by atoms with E-state index in [2.05, 4.69) is 0 Å². The molecule has 3 saturated heterocycles. The number of hydrogen-bond acceptors (Lipinski definition) is 12. The van der Waals surface area contributed by atoms with Crippen LogP contribution in [0.25, 0.3) is 0 Å². The molecule has 144 valence electrons. The molecule has 0 aromatic rings. The van der Waals surface area contributed by atoms with Crippen LogP contribution in [0.1, 0.15) is 59.3 Å². The standard InChI is InChI=1S/3C4H7OS3.Al/c3*1-2-3-4(5)6-8-7-4;/h3*2-3H2,1H3;/q3*-1;+3. The summed E-state index contributed by atoms with van der Waals surface area (Å²) in [4.78, 5) is 0. The van der Waals surface area contributed by atoms with Crippen LogP contribution in [0.5, 0.6) is 0 Å². The van der Waals surface area contributed by atoms with Gasteiger partial charge in [0.1, 0.15) is 0 Å². The minimum atomic E-state index is -0.681. The molecule has 3 aliphatic heterocycles. The zero-order valence-electron chi connectivity index (χ0n) is 14.2. The summed E-state index contributed by atoms with van der Waals surface area (Å²) in [6, 6.07) is 0. The molecule has 0 N–H and O–H groups in total. The Morgan fingerprint density at radius 2 is 0.720 bits per heavy atom. The fourth-order valence-corrected chi connectivity index (χ4v) is 13.3. The first kappa shape index (κ1) is 28.6. The molecule has 0 amide bonds. The van der Waals surface area contributed by atoms with Crippen molar-refractivity contribution in [3.63, 3.8) is 0 Å². The Morgan fingerprint density at radius 1 is 0.520 bits per heavy atom. The molecular weight excluding hydrogens is 508 g/mol. The summed E-state index contributed by atoms with van der Waals surface area (Å²) in [6.07, 6.45) is 5.41. The predicted octanol–water partition coefficient (Wildman–Crippen LogP) is 5.15. The first-order chi connectivity index (χ1) is 11.3. The monoisotopic (exact) mass is 528 g/mol. The van der Waals surface area contributed by atoms with Gasteiger partial charge < -0.3 is 15.3 Å². The summed E-state index contributed by atoms with van der Waals surface area (Å²) in [5.41, 5.74) is 0. The van der Waals surface area contributed by atoms with E-state index in [0.717, 1.165) is 38.5 Å². The van der Waals surface area contributed by atoms with Crippen molar-refractivity contribution in [1.29, 1.82) is 0 Å². The minimum absolute atomic E-state index is 0. The summed E-state index contributed by atoms with van der Waals surface area (Å²) in [5.74, 6) is 0. The van der Waals surface area contributed by atoms with Gasteiger partial charge in [-0.3, -0.25) is 0 Å². The fourth-order valence-electron chi connectivity index (χ4n) is 1.50. The maximum atomic E-state index is 11.1. The van der Waals surface area contributed by atoms with E-state index in [9.17, 15) is 15.3 Å². The molecule has 3 rings (SSSR count). The molecule has 3 heterocycles. The number of hydrogen-bond donors (Lipinski definition) is 0. The van der Waals surface area contributed by atoms with Crippen LogP contribution in [0.15, 0.2) is 0 Å². The molecular formula is C12H21AlO3S9. The minimum Gasteiger partial charge on any atom is -0.832 e. The second kappa shape index (κ2) is 14.5. The van der Waals surface area contributed by atoms with E-state index in [1.54, 1.807) is 29.5 Å². The average Bonchev–Trinajstić information content (AvgIpc) is 2.45. The Balaban J connectivity index is 0.000000339. The average molecular weight is 529 g/mol. The van der Waals surface area contributed by atoms with Crippen LogP contribution < -0.4 is 15.3 Å². The van der Waals surface area contributed by atoms with Gasteiger partial charge in [-0.2, -0.15) is 0 Å². The van der Waals surface area contributed by atoms with Crippen molar-refractivity contribution in [2.24, 2.45) is 0 Å². The largest absolute Gasteiger partial charge is 3.00 e. The summed E-state index contributed by atoms with van der Waals surface area (Å²) in [7, 11) is 13.6. The Morgan fingerprint density at radius 3 is 0.760 bits per heavy atom. The molecule has 0 radical (unpaired) electrons. The molecule has 0 atom stereocenters. The Labute approximate surface area is 197 Å². The SMILES string of the molecule is CCCC1([O-])SSS1.CCCC1([O-])SSS1.CCCC1([O-])SSS1.[Al+3].